The van der Waals surface area contributed by atoms with Gasteiger partial charge in [-0.05, 0) is 49.8 Å². The molecule has 1 saturated heterocycles. The van der Waals surface area contributed by atoms with E-state index in [1.54, 1.807) is 19.1 Å². The zero-order valence-electron chi connectivity index (χ0n) is 14.5. The second-order valence-electron chi connectivity index (χ2n) is 5.71. The number of amides is 1. The molecule has 0 aliphatic carbocycles. The van der Waals surface area contributed by atoms with Gasteiger partial charge in [0.2, 0.25) is 0 Å². The Morgan fingerprint density at radius 1 is 1.33 bits per heavy atom. The fourth-order valence-corrected chi connectivity index (χ4v) is 2.37. The van der Waals surface area contributed by atoms with Gasteiger partial charge in [0.15, 0.2) is 6.29 Å². The second kappa shape index (κ2) is 13.5. The molecule has 0 spiro atoms. The minimum atomic E-state index is -4.89. The molecule has 27 heavy (non-hydrogen) atoms. The van der Waals surface area contributed by atoms with E-state index in [-0.39, 0.29) is 16.9 Å². The molecule has 1 aliphatic rings. The number of aryl methyl sites for hydroxylation is 1. The van der Waals surface area contributed by atoms with Crippen molar-refractivity contribution >= 4 is 71.5 Å². The van der Waals surface area contributed by atoms with Crippen molar-refractivity contribution in [3.8, 4) is 0 Å². The number of hydrogen-bond acceptors (Lipinski definition) is 3. The zero-order valence-corrected chi connectivity index (χ0v) is 22.4. The first-order valence-corrected chi connectivity index (χ1v) is 21.6. The Labute approximate surface area is 194 Å². The number of nitrogens with one attached hydrogen (secondary N) is 1. The van der Waals surface area contributed by atoms with Crippen molar-refractivity contribution in [1.82, 2.24) is 0 Å². The maximum atomic E-state index is 12.2. The first-order chi connectivity index (χ1) is 12.6. The molecule has 1 heterocycles. The van der Waals surface area contributed by atoms with E-state index in [0.717, 1.165) is 31.4 Å². The normalized spacial score (nSPS) is 17.3. The Bertz CT molecular complexity index is 597. The average Bonchev–Trinajstić information content (AvgIpc) is 2.57. The SMILES string of the molecule is Cc1cc(CCOC2CCCCO2)ccc1NC(=O)C(F)(F)F.[I][V]([I])[I]. The average molecular weight is 763 g/mol. The van der Waals surface area contributed by atoms with Gasteiger partial charge in [-0.25, -0.2) is 0 Å². The van der Waals surface area contributed by atoms with Crippen LogP contribution in [0.5, 0.6) is 0 Å². The summed E-state index contributed by atoms with van der Waals surface area (Å²) in [6.07, 6.45) is -1.37. The van der Waals surface area contributed by atoms with Crippen LogP contribution in [0, 0.1) is 6.92 Å². The quantitative estimate of drug-likeness (QED) is 0.362. The van der Waals surface area contributed by atoms with Crippen LogP contribution in [0.25, 0.3) is 0 Å². The molecule has 1 aromatic rings. The molecule has 0 aromatic heterocycles. The summed E-state index contributed by atoms with van der Waals surface area (Å²) in [5, 5.41) is 1.87. The van der Waals surface area contributed by atoms with Crippen LogP contribution in [-0.2, 0) is 25.6 Å². The summed E-state index contributed by atoms with van der Waals surface area (Å²) in [7, 11) is 0. The number of ether oxygens (including phenoxy) is 2. The van der Waals surface area contributed by atoms with Crippen molar-refractivity contribution in [1.29, 1.82) is 0 Å². The summed E-state index contributed by atoms with van der Waals surface area (Å²) in [5.41, 5.74) is 1.67. The van der Waals surface area contributed by atoms with E-state index in [9.17, 15) is 18.0 Å². The third-order valence-corrected chi connectivity index (χ3v) is 3.63. The monoisotopic (exact) mass is 763 g/mol. The minimum absolute atomic E-state index is 0.157. The first-order valence-electron chi connectivity index (χ1n) is 8.08. The third kappa shape index (κ3) is 11.8. The molecule has 1 aromatic carbocycles. The number of anilines is 1. The van der Waals surface area contributed by atoms with Crippen molar-refractivity contribution in [2.24, 2.45) is 0 Å². The third-order valence-electron chi connectivity index (χ3n) is 3.63. The summed E-state index contributed by atoms with van der Waals surface area (Å²) in [6, 6.07) is 4.91. The molecule has 1 unspecified atom stereocenters. The van der Waals surface area contributed by atoms with Gasteiger partial charge in [0.05, 0.1) is 6.61 Å². The molecule has 154 valence electrons. The first kappa shape index (κ1) is 26.2. The molecule has 0 bridgehead atoms. The van der Waals surface area contributed by atoms with Gasteiger partial charge < -0.3 is 14.8 Å². The molecule has 1 aliphatic heterocycles. The van der Waals surface area contributed by atoms with Crippen LogP contribution >= 0.6 is 59.9 Å². The van der Waals surface area contributed by atoms with E-state index >= 15 is 0 Å². The van der Waals surface area contributed by atoms with Crippen LogP contribution in [0.2, 0.25) is 0 Å². The molecular formula is C16H20F3I3NO3V. The summed E-state index contributed by atoms with van der Waals surface area (Å²) in [6.45, 7) is 2.86. The predicted molar refractivity (Wildman–Crippen MR) is 121 cm³/mol. The fraction of sp³-hybridized carbons (Fsp3) is 0.562. The molecule has 1 amide bonds. The number of alkyl halides is 3. The van der Waals surface area contributed by atoms with Gasteiger partial charge in [0.1, 0.15) is 0 Å². The van der Waals surface area contributed by atoms with Crippen LogP contribution < -0.4 is 5.32 Å². The summed E-state index contributed by atoms with van der Waals surface area (Å²) in [5.74, 6) is -1.97. The summed E-state index contributed by atoms with van der Waals surface area (Å²) < 4.78 is 47.8. The Balaban J connectivity index is 0.000000828. The van der Waals surface area contributed by atoms with Crippen molar-refractivity contribution < 1.29 is 32.4 Å². The number of halogens is 6. The predicted octanol–water partition coefficient (Wildman–Crippen LogP) is 6.24. The van der Waals surface area contributed by atoms with Gasteiger partial charge in [-0.15, -0.1) is 0 Å². The molecule has 2 rings (SSSR count). The summed E-state index contributed by atoms with van der Waals surface area (Å²) >= 11 is 7.39. The van der Waals surface area contributed by atoms with E-state index < -0.39 is 12.1 Å². The van der Waals surface area contributed by atoms with Gasteiger partial charge in [-0.1, -0.05) is 12.1 Å². The molecule has 4 nitrogen and oxygen atoms in total. The second-order valence-corrected chi connectivity index (χ2v) is 41.1. The van der Waals surface area contributed by atoms with Crippen molar-refractivity contribution in [2.45, 2.75) is 45.1 Å². The molecule has 1 atom stereocenters. The Hall–Kier alpha value is 1.17. The topological polar surface area (TPSA) is 47.6 Å². The van der Waals surface area contributed by atoms with Crippen molar-refractivity contribution in [3.63, 3.8) is 0 Å². The molecule has 0 saturated carbocycles. The van der Waals surface area contributed by atoms with E-state index in [1.165, 1.54) is 6.07 Å². The molecule has 11 heteroatoms. The van der Waals surface area contributed by atoms with Gasteiger partial charge in [-0.3, -0.25) is 4.79 Å². The standard InChI is InChI=1S/C16H20F3NO3.3HI.V/c1-11-10-12(7-9-23-14-4-2-3-8-22-14)5-6-13(11)20-15(21)16(17,18)19;;;;/h5-6,10,14H,2-4,7-9H2,1H3,(H,20,21);3*1H;/q;;;;+3/p-3. The molecule has 1 N–H and O–H groups in total. The summed E-state index contributed by atoms with van der Waals surface area (Å²) in [4.78, 5) is 10.7. The molecular weight excluding hydrogens is 743 g/mol. The Morgan fingerprint density at radius 3 is 2.52 bits per heavy atom. The number of benzene rings is 1. The van der Waals surface area contributed by atoms with E-state index in [4.69, 9.17) is 9.47 Å². The Kier molecular flexibility index (Phi) is 13.1. The van der Waals surface area contributed by atoms with E-state index in [1.807, 2.05) is 5.32 Å². The van der Waals surface area contributed by atoms with Crippen LogP contribution in [0.4, 0.5) is 18.9 Å². The molecule has 0 radical (unpaired) electrons. The fourth-order valence-electron chi connectivity index (χ4n) is 2.37. The van der Waals surface area contributed by atoms with E-state index in [2.05, 4.69) is 59.9 Å². The van der Waals surface area contributed by atoms with Crippen LogP contribution in [0.15, 0.2) is 18.2 Å². The number of carbonyl (C=O) groups is 1. The zero-order chi connectivity index (χ0) is 20.4. The van der Waals surface area contributed by atoms with Gasteiger partial charge in [-0.2, -0.15) is 13.2 Å². The van der Waals surface area contributed by atoms with Gasteiger partial charge in [0, 0.05) is 12.3 Å². The number of hydrogen-bond donors (Lipinski definition) is 1. The van der Waals surface area contributed by atoms with Gasteiger partial charge >= 0.3 is 76.9 Å². The number of rotatable bonds is 5. The van der Waals surface area contributed by atoms with Crippen molar-refractivity contribution in [3.05, 3.63) is 29.3 Å². The van der Waals surface area contributed by atoms with E-state index in [0.29, 0.717) is 18.6 Å². The van der Waals surface area contributed by atoms with Gasteiger partial charge in [0.25, 0.3) is 0 Å². The number of carbonyl (C=O) groups excluding carboxylic acids is 1. The van der Waals surface area contributed by atoms with Crippen LogP contribution in [0.3, 0.4) is 0 Å². The van der Waals surface area contributed by atoms with Crippen LogP contribution in [-0.4, -0.2) is 31.6 Å². The van der Waals surface area contributed by atoms with Crippen LogP contribution in [0.1, 0.15) is 30.4 Å². The molecule has 1 fully saturated rings. The van der Waals surface area contributed by atoms with Crippen molar-refractivity contribution in [2.75, 3.05) is 18.5 Å². The Morgan fingerprint density at radius 2 is 2.00 bits per heavy atom. The maximum absolute atomic E-state index is 12.2.